The van der Waals surface area contributed by atoms with E-state index >= 15 is 0 Å². The van der Waals surface area contributed by atoms with E-state index in [1.807, 2.05) is 24.4 Å². The maximum atomic E-state index is 6.25. The third-order valence-electron chi connectivity index (χ3n) is 4.66. The predicted octanol–water partition coefficient (Wildman–Crippen LogP) is 3.75. The molecule has 10 heteroatoms. The monoisotopic (exact) mass is 424 g/mol. The zero-order chi connectivity index (χ0) is 20.0. The minimum atomic E-state index is 0.430. The Bertz CT molecular complexity index is 1260. The van der Waals surface area contributed by atoms with Gasteiger partial charge in [-0.15, -0.1) is 10.2 Å². The van der Waals surface area contributed by atoms with E-state index in [-0.39, 0.29) is 0 Å². The number of halogens is 2. The van der Waals surface area contributed by atoms with E-state index in [9.17, 15) is 0 Å². The standard InChI is InChI=1S/C19H14Cl2N8/c20-14-2-1-12(7-15(14)21)19-13(11-5-6-23-16(22)8-11)9-28(27-19)18-4-3-17-25-24-10-29(17)26-18/h1-2,5-10H,3-4H2,(H2,22,23). The van der Waals surface area contributed by atoms with Gasteiger partial charge >= 0.3 is 0 Å². The molecule has 0 amide bonds. The minimum Gasteiger partial charge on any atom is -0.384 e. The maximum Gasteiger partial charge on any atom is 0.154 e. The normalized spacial score (nSPS) is 13.2. The second-order valence-electron chi connectivity index (χ2n) is 6.54. The highest BCUT2D eigenvalue weighted by atomic mass is 35.5. The molecule has 0 saturated heterocycles. The molecule has 2 N–H and O–H groups in total. The quantitative estimate of drug-likeness (QED) is 0.527. The minimum absolute atomic E-state index is 0.430. The summed E-state index contributed by atoms with van der Waals surface area (Å²) in [5.41, 5.74) is 9.26. The Morgan fingerprint density at radius 3 is 2.72 bits per heavy atom. The first-order valence-electron chi connectivity index (χ1n) is 8.82. The summed E-state index contributed by atoms with van der Waals surface area (Å²) in [6, 6.07) is 9.13. The third kappa shape index (κ3) is 3.26. The Balaban J connectivity index is 1.68. The van der Waals surface area contributed by atoms with Crippen LogP contribution in [0.15, 0.2) is 54.2 Å². The smallest absolute Gasteiger partial charge is 0.154 e. The number of hydrogen-bond acceptors (Lipinski definition) is 6. The summed E-state index contributed by atoms with van der Waals surface area (Å²) in [5, 5.41) is 18.3. The van der Waals surface area contributed by atoms with E-state index in [2.05, 4.69) is 20.3 Å². The number of aromatic nitrogens is 6. The van der Waals surface area contributed by atoms with Gasteiger partial charge in [0.2, 0.25) is 0 Å². The zero-order valence-electron chi connectivity index (χ0n) is 15.0. The molecule has 3 aromatic heterocycles. The molecule has 0 unspecified atom stereocenters. The molecule has 8 nitrogen and oxygen atoms in total. The fourth-order valence-corrected chi connectivity index (χ4v) is 3.55. The summed E-state index contributed by atoms with van der Waals surface area (Å²) in [5.74, 6) is 2.04. The second-order valence-corrected chi connectivity index (χ2v) is 7.36. The highest BCUT2D eigenvalue weighted by Gasteiger charge is 2.20. The van der Waals surface area contributed by atoms with Crippen molar-refractivity contribution in [3.63, 3.8) is 0 Å². The van der Waals surface area contributed by atoms with Crippen LogP contribution >= 0.6 is 23.2 Å². The Labute approximate surface area is 175 Å². The van der Waals surface area contributed by atoms with Gasteiger partial charge in [-0.2, -0.15) is 10.2 Å². The van der Waals surface area contributed by atoms with Gasteiger partial charge in [0, 0.05) is 36.4 Å². The molecule has 0 spiro atoms. The highest BCUT2D eigenvalue weighted by molar-refractivity contribution is 6.42. The van der Waals surface area contributed by atoms with Crippen LogP contribution in [0.2, 0.25) is 10.0 Å². The molecule has 0 saturated carbocycles. The lowest BCUT2D eigenvalue weighted by Gasteiger charge is -2.12. The molecular weight excluding hydrogens is 411 g/mol. The van der Waals surface area contributed by atoms with E-state index in [0.717, 1.165) is 40.5 Å². The van der Waals surface area contributed by atoms with Gasteiger partial charge in [0.15, 0.2) is 11.7 Å². The van der Waals surface area contributed by atoms with Crippen molar-refractivity contribution in [1.82, 2.24) is 29.6 Å². The van der Waals surface area contributed by atoms with Gasteiger partial charge in [0.1, 0.15) is 17.8 Å². The summed E-state index contributed by atoms with van der Waals surface area (Å²) < 4.78 is 3.44. The van der Waals surface area contributed by atoms with E-state index in [4.69, 9.17) is 34.0 Å². The lowest BCUT2D eigenvalue weighted by molar-refractivity contribution is 0.700. The van der Waals surface area contributed by atoms with Crippen LogP contribution in [0.5, 0.6) is 0 Å². The van der Waals surface area contributed by atoms with Crippen molar-refractivity contribution in [3.8, 4) is 22.4 Å². The first kappa shape index (κ1) is 17.8. The Kier molecular flexibility index (Phi) is 4.30. The molecule has 1 aromatic carbocycles. The molecule has 0 fully saturated rings. The van der Waals surface area contributed by atoms with Crippen LogP contribution in [0, 0.1) is 0 Å². The van der Waals surface area contributed by atoms with Gasteiger partial charge in [-0.25, -0.2) is 14.3 Å². The van der Waals surface area contributed by atoms with Crippen molar-refractivity contribution in [1.29, 1.82) is 0 Å². The summed E-state index contributed by atoms with van der Waals surface area (Å²) >= 11 is 12.3. The molecular formula is C19H14Cl2N8. The maximum absolute atomic E-state index is 6.25. The van der Waals surface area contributed by atoms with E-state index in [0.29, 0.717) is 22.3 Å². The molecule has 4 heterocycles. The predicted molar refractivity (Wildman–Crippen MR) is 112 cm³/mol. The van der Waals surface area contributed by atoms with Gasteiger partial charge in [-0.3, -0.25) is 0 Å². The molecule has 0 radical (unpaired) electrons. The number of rotatable bonds is 2. The average Bonchev–Trinajstić information content (AvgIpc) is 3.36. The Hall–Kier alpha value is -3.23. The van der Waals surface area contributed by atoms with Crippen molar-refractivity contribution in [2.45, 2.75) is 12.8 Å². The lowest BCUT2D eigenvalue weighted by Crippen LogP contribution is -2.20. The van der Waals surface area contributed by atoms with Crippen LogP contribution < -0.4 is 5.73 Å². The van der Waals surface area contributed by atoms with E-state index in [1.54, 1.807) is 34.0 Å². The highest BCUT2D eigenvalue weighted by Crippen LogP contribution is 2.35. The van der Waals surface area contributed by atoms with E-state index < -0.39 is 0 Å². The molecule has 5 rings (SSSR count). The second kappa shape index (κ2) is 6.98. The number of anilines is 1. The van der Waals surface area contributed by atoms with Crippen molar-refractivity contribution in [2.24, 2.45) is 5.10 Å². The molecule has 4 aromatic rings. The topological polar surface area (TPSA) is 99.8 Å². The van der Waals surface area contributed by atoms with Crippen molar-refractivity contribution < 1.29 is 0 Å². The number of hydrogen-bond donors (Lipinski definition) is 1. The number of benzene rings is 1. The number of nitrogens with zero attached hydrogens (tertiary/aromatic N) is 7. The number of aryl methyl sites for hydroxylation is 1. The summed E-state index contributed by atoms with van der Waals surface area (Å²) in [7, 11) is 0. The Morgan fingerprint density at radius 1 is 1.00 bits per heavy atom. The molecule has 29 heavy (non-hydrogen) atoms. The third-order valence-corrected chi connectivity index (χ3v) is 5.40. The number of nitrogen functional groups attached to an aromatic ring is 1. The van der Waals surface area contributed by atoms with Crippen molar-refractivity contribution in [2.75, 3.05) is 5.73 Å². The first-order chi connectivity index (χ1) is 14.1. The molecule has 0 bridgehead atoms. The van der Waals surface area contributed by atoms with Crippen LogP contribution in [0.25, 0.3) is 22.4 Å². The zero-order valence-corrected chi connectivity index (χ0v) is 16.5. The number of pyridine rings is 1. The summed E-state index contributed by atoms with van der Waals surface area (Å²) in [6.07, 6.45) is 6.61. The molecule has 1 aliphatic rings. The van der Waals surface area contributed by atoms with Crippen LogP contribution in [0.4, 0.5) is 5.82 Å². The first-order valence-corrected chi connectivity index (χ1v) is 9.58. The largest absolute Gasteiger partial charge is 0.384 e. The fraction of sp³-hybridized carbons (Fsp3) is 0.105. The number of nitrogens with two attached hydrogens (primary N) is 1. The number of fused-ring (bicyclic) bond motifs is 1. The summed E-state index contributed by atoms with van der Waals surface area (Å²) in [6.45, 7) is 0. The summed E-state index contributed by atoms with van der Waals surface area (Å²) in [4.78, 5) is 4.08. The van der Waals surface area contributed by atoms with Crippen molar-refractivity contribution in [3.05, 3.63) is 64.9 Å². The van der Waals surface area contributed by atoms with Gasteiger partial charge in [-0.05, 0) is 29.8 Å². The van der Waals surface area contributed by atoms with Gasteiger partial charge < -0.3 is 5.73 Å². The van der Waals surface area contributed by atoms with Crippen LogP contribution in [0.3, 0.4) is 0 Å². The molecule has 0 atom stereocenters. The molecule has 1 aliphatic heterocycles. The van der Waals surface area contributed by atoms with Gasteiger partial charge in [0.05, 0.1) is 10.0 Å². The van der Waals surface area contributed by atoms with Gasteiger partial charge in [-0.1, -0.05) is 29.3 Å². The lowest BCUT2D eigenvalue weighted by atomic mass is 10.0. The SMILES string of the molecule is Nc1cc(-c2cn(C3=Nn4cnnc4CC3)nc2-c2ccc(Cl)c(Cl)c2)ccn1. The van der Waals surface area contributed by atoms with Crippen LogP contribution in [0.1, 0.15) is 12.2 Å². The molecule has 0 aliphatic carbocycles. The molecule has 144 valence electrons. The van der Waals surface area contributed by atoms with Crippen LogP contribution in [-0.2, 0) is 6.42 Å². The average molecular weight is 425 g/mol. The van der Waals surface area contributed by atoms with Gasteiger partial charge in [0.25, 0.3) is 0 Å². The Morgan fingerprint density at radius 2 is 1.90 bits per heavy atom. The van der Waals surface area contributed by atoms with Crippen LogP contribution in [-0.4, -0.2) is 35.5 Å². The van der Waals surface area contributed by atoms with E-state index in [1.165, 1.54) is 0 Å². The van der Waals surface area contributed by atoms with Crippen molar-refractivity contribution >= 4 is 34.9 Å². The fourth-order valence-electron chi connectivity index (χ4n) is 3.25.